The van der Waals surface area contributed by atoms with Crippen LogP contribution in [0.3, 0.4) is 0 Å². The first-order valence-corrected chi connectivity index (χ1v) is 2.15. The lowest BCUT2D eigenvalue weighted by Gasteiger charge is -1.78. The van der Waals surface area contributed by atoms with Gasteiger partial charge < -0.3 is 5.73 Å². The molecule has 0 amide bonds. The van der Waals surface area contributed by atoms with Crippen molar-refractivity contribution in [1.82, 2.24) is 0 Å². The van der Waals surface area contributed by atoms with Crippen LogP contribution in [0.2, 0.25) is 0 Å². The Morgan fingerprint density at radius 1 is 1.57 bits per heavy atom. The number of nitrogens with two attached hydrogens (primary N) is 1. The van der Waals surface area contributed by atoms with E-state index < -0.39 is 0 Å². The normalized spacial score (nSPS) is 9.43. The summed E-state index contributed by atoms with van der Waals surface area (Å²) in [5, 5.41) is 0. The average Bonchev–Trinajstić information content (AvgIpc) is 1.61. The highest BCUT2D eigenvalue weighted by Crippen LogP contribution is 1.73. The van der Waals surface area contributed by atoms with Crippen molar-refractivity contribution in [3.05, 3.63) is 12.4 Å². The first kappa shape index (κ1) is 6.21. The lowest BCUT2D eigenvalue weighted by molar-refractivity contribution is 1.45. The van der Waals surface area contributed by atoms with Gasteiger partial charge in [0.2, 0.25) is 0 Å². The minimum atomic E-state index is 1.02. The molecule has 2 N–H and O–H groups in total. The van der Waals surface area contributed by atoms with Crippen LogP contribution in [0, 0.1) is 0 Å². The highest BCUT2D eigenvalue weighted by molar-refractivity contribution is 5.79. The van der Waals surface area contributed by atoms with Gasteiger partial charge in [0.1, 0.15) is 0 Å². The van der Waals surface area contributed by atoms with Gasteiger partial charge in [0.25, 0.3) is 0 Å². The van der Waals surface area contributed by atoms with Crippen LogP contribution in [0.5, 0.6) is 0 Å². The van der Waals surface area contributed by atoms with Crippen LogP contribution in [0.1, 0.15) is 13.8 Å². The lowest BCUT2D eigenvalue weighted by Crippen LogP contribution is -1.78. The second kappa shape index (κ2) is 3.40. The molecule has 0 heterocycles. The molecule has 0 fully saturated rings. The molecule has 0 saturated heterocycles. The SMILES string of the molecule is CC(C)=N/C=C\N. The Bertz CT molecular complexity index is 88.3. The molecule has 2 heteroatoms. The van der Waals surface area contributed by atoms with E-state index in [1.807, 2.05) is 13.8 Å². The van der Waals surface area contributed by atoms with Crippen LogP contribution in [0.25, 0.3) is 0 Å². The van der Waals surface area contributed by atoms with Gasteiger partial charge in [-0.2, -0.15) is 0 Å². The minimum Gasteiger partial charge on any atom is -0.403 e. The zero-order chi connectivity index (χ0) is 5.70. The molecule has 0 rings (SSSR count). The van der Waals surface area contributed by atoms with Gasteiger partial charge in [-0.25, -0.2) is 0 Å². The summed E-state index contributed by atoms with van der Waals surface area (Å²) in [6.07, 6.45) is 2.97. The molecule has 0 radical (unpaired) electrons. The molecule has 0 spiro atoms. The number of aliphatic imine (C=N–C) groups is 1. The highest BCUT2D eigenvalue weighted by Gasteiger charge is 1.66. The zero-order valence-corrected chi connectivity index (χ0v) is 4.68. The number of hydrogen-bond donors (Lipinski definition) is 1. The van der Waals surface area contributed by atoms with Gasteiger partial charge >= 0.3 is 0 Å². The molecule has 0 aromatic rings. The fourth-order valence-electron chi connectivity index (χ4n) is 0.192. The number of nitrogens with zero attached hydrogens (tertiary/aromatic N) is 1. The molecule has 0 bridgehead atoms. The Kier molecular flexibility index (Phi) is 3.02. The molecule has 0 aliphatic carbocycles. The van der Waals surface area contributed by atoms with Crippen molar-refractivity contribution in [2.75, 3.05) is 0 Å². The van der Waals surface area contributed by atoms with Crippen LogP contribution in [0.15, 0.2) is 17.4 Å². The monoisotopic (exact) mass is 98.1 g/mol. The largest absolute Gasteiger partial charge is 0.403 e. The molecule has 0 unspecified atom stereocenters. The van der Waals surface area contributed by atoms with Crippen molar-refractivity contribution in [2.45, 2.75) is 13.8 Å². The Balaban J connectivity index is 3.46. The van der Waals surface area contributed by atoms with Gasteiger partial charge in [-0.3, -0.25) is 4.99 Å². The smallest absolute Gasteiger partial charge is 0.0421 e. The van der Waals surface area contributed by atoms with E-state index in [9.17, 15) is 0 Å². The first-order valence-electron chi connectivity index (χ1n) is 2.15. The molecule has 0 aromatic carbocycles. The molecular weight excluding hydrogens is 88.1 g/mol. The van der Waals surface area contributed by atoms with E-state index >= 15 is 0 Å². The first-order chi connectivity index (χ1) is 3.27. The maximum Gasteiger partial charge on any atom is 0.0421 e. The molecule has 7 heavy (non-hydrogen) atoms. The maximum atomic E-state index is 4.99. The second-order valence-electron chi connectivity index (χ2n) is 1.42. The van der Waals surface area contributed by atoms with Gasteiger partial charge in [-0.05, 0) is 13.8 Å². The zero-order valence-electron chi connectivity index (χ0n) is 4.68. The topological polar surface area (TPSA) is 38.4 Å². The van der Waals surface area contributed by atoms with Gasteiger partial charge in [0.15, 0.2) is 0 Å². The summed E-state index contributed by atoms with van der Waals surface area (Å²) < 4.78 is 0. The van der Waals surface area contributed by atoms with Crippen LogP contribution in [-0.2, 0) is 0 Å². The number of rotatable bonds is 1. The number of hydrogen-bond acceptors (Lipinski definition) is 2. The summed E-state index contributed by atoms with van der Waals surface area (Å²) in [7, 11) is 0. The molecule has 0 aromatic heterocycles. The fourth-order valence-corrected chi connectivity index (χ4v) is 0.192. The molecule has 0 atom stereocenters. The van der Waals surface area contributed by atoms with Gasteiger partial charge in [-0.1, -0.05) is 0 Å². The molecule has 40 valence electrons. The Labute approximate surface area is 43.7 Å². The van der Waals surface area contributed by atoms with E-state index in [0.717, 1.165) is 5.71 Å². The van der Waals surface area contributed by atoms with E-state index in [2.05, 4.69) is 4.99 Å². The predicted molar refractivity (Wildman–Crippen MR) is 32.1 cm³/mol. The molecular formula is C5H10N2. The van der Waals surface area contributed by atoms with Crippen LogP contribution >= 0.6 is 0 Å². The third kappa shape index (κ3) is 5.21. The van der Waals surface area contributed by atoms with Crippen molar-refractivity contribution in [3.8, 4) is 0 Å². The molecule has 0 saturated carbocycles. The Morgan fingerprint density at radius 3 is 2.29 bits per heavy atom. The average molecular weight is 98.1 g/mol. The van der Waals surface area contributed by atoms with Crippen molar-refractivity contribution in [1.29, 1.82) is 0 Å². The summed E-state index contributed by atoms with van der Waals surface area (Å²) in [6, 6.07) is 0. The van der Waals surface area contributed by atoms with E-state index in [1.165, 1.54) is 6.20 Å². The van der Waals surface area contributed by atoms with Gasteiger partial charge in [0.05, 0.1) is 0 Å². The van der Waals surface area contributed by atoms with Gasteiger partial charge in [-0.15, -0.1) is 0 Å². The third-order valence-corrected chi connectivity index (χ3v) is 0.419. The van der Waals surface area contributed by atoms with Crippen LogP contribution in [-0.4, -0.2) is 5.71 Å². The van der Waals surface area contributed by atoms with Crippen molar-refractivity contribution in [3.63, 3.8) is 0 Å². The summed E-state index contributed by atoms with van der Waals surface area (Å²) in [5.74, 6) is 0. The predicted octanol–water partition coefficient (Wildman–Crippen LogP) is 0.897. The minimum absolute atomic E-state index is 1.02. The molecule has 0 aliphatic heterocycles. The van der Waals surface area contributed by atoms with Crippen molar-refractivity contribution >= 4 is 5.71 Å². The van der Waals surface area contributed by atoms with Crippen molar-refractivity contribution in [2.24, 2.45) is 10.7 Å². The van der Waals surface area contributed by atoms with E-state index in [-0.39, 0.29) is 0 Å². The standard InChI is InChI=1S/C5H10N2/c1-5(2)7-4-3-6/h3-4H,6H2,1-2H3/b4-3-. The van der Waals surface area contributed by atoms with E-state index in [1.54, 1.807) is 6.20 Å². The summed E-state index contributed by atoms with van der Waals surface area (Å²) in [4.78, 5) is 3.85. The third-order valence-electron chi connectivity index (χ3n) is 0.419. The second-order valence-corrected chi connectivity index (χ2v) is 1.42. The summed E-state index contributed by atoms with van der Waals surface area (Å²) in [5.41, 5.74) is 6.00. The van der Waals surface area contributed by atoms with Gasteiger partial charge in [0, 0.05) is 18.1 Å². The Hall–Kier alpha value is -0.790. The van der Waals surface area contributed by atoms with Crippen LogP contribution < -0.4 is 5.73 Å². The fraction of sp³-hybridized carbons (Fsp3) is 0.400. The Morgan fingerprint density at radius 2 is 2.14 bits per heavy atom. The molecule has 2 nitrogen and oxygen atoms in total. The summed E-state index contributed by atoms with van der Waals surface area (Å²) in [6.45, 7) is 3.83. The van der Waals surface area contributed by atoms with E-state index in [0.29, 0.717) is 0 Å². The highest BCUT2D eigenvalue weighted by atomic mass is 14.7. The summed E-state index contributed by atoms with van der Waals surface area (Å²) >= 11 is 0. The quantitative estimate of drug-likeness (QED) is 0.486. The van der Waals surface area contributed by atoms with Crippen LogP contribution in [0.4, 0.5) is 0 Å². The maximum absolute atomic E-state index is 4.99. The van der Waals surface area contributed by atoms with E-state index in [4.69, 9.17) is 5.73 Å². The molecule has 0 aliphatic rings. The van der Waals surface area contributed by atoms with Crippen molar-refractivity contribution < 1.29 is 0 Å². The lowest BCUT2D eigenvalue weighted by atomic mass is 10.5.